The van der Waals surface area contributed by atoms with E-state index >= 15 is 0 Å². The van der Waals surface area contributed by atoms with Gasteiger partial charge in [0.1, 0.15) is 0 Å². The van der Waals surface area contributed by atoms with E-state index in [0.29, 0.717) is 5.92 Å². The Hall–Kier alpha value is -1.56. The second-order valence-corrected chi connectivity index (χ2v) is 4.17. The minimum atomic E-state index is 0.469. The SMILES string of the molecule is C=C1/C=c2/cccc/c2=C/C(C)/C=C\1C.CC. The molecule has 0 amide bonds. The van der Waals surface area contributed by atoms with E-state index in [1.165, 1.54) is 16.0 Å². The number of rotatable bonds is 0. The van der Waals surface area contributed by atoms with E-state index in [2.05, 4.69) is 62.9 Å². The number of hydrogen-bond acceptors (Lipinski definition) is 0. The molecular formula is C17H22. The van der Waals surface area contributed by atoms with Crippen molar-refractivity contribution in [3.63, 3.8) is 0 Å². The quantitative estimate of drug-likeness (QED) is 0.636. The van der Waals surface area contributed by atoms with Crippen LogP contribution in [-0.2, 0) is 0 Å². The number of fused-ring (bicyclic) bond motifs is 1. The molecule has 1 unspecified atom stereocenters. The highest BCUT2D eigenvalue weighted by Crippen LogP contribution is 2.13. The smallest absolute Gasteiger partial charge is 0.00668 e. The molecule has 1 aliphatic carbocycles. The fraction of sp³-hybridized carbons (Fsp3) is 0.294. The van der Waals surface area contributed by atoms with Crippen LogP contribution in [0.15, 0.2) is 48.1 Å². The molecule has 0 heteroatoms. The minimum Gasteiger partial charge on any atom is -0.0915 e. The fourth-order valence-corrected chi connectivity index (χ4v) is 1.93. The predicted octanol–water partition coefficient (Wildman–Crippen LogP) is 3.43. The summed E-state index contributed by atoms with van der Waals surface area (Å²) in [6.07, 6.45) is 6.71. The van der Waals surface area contributed by atoms with Crippen LogP contribution in [0.5, 0.6) is 0 Å². The number of benzene rings is 1. The molecule has 0 nitrogen and oxygen atoms in total. The third-order valence-electron chi connectivity index (χ3n) is 2.79. The van der Waals surface area contributed by atoms with E-state index < -0.39 is 0 Å². The molecule has 0 saturated carbocycles. The van der Waals surface area contributed by atoms with Gasteiger partial charge in [-0.25, -0.2) is 0 Å². The van der Waals surface area contributed by atoms with Gasteiger partial charge < -0.3 is 0 Å². The summed E-state index contributed by atoms with van der Waals surface area (Å²) in [5.74, 6) is 0.469. The summed E-state index contributed by atoms with van der Waals surface area (Å²) >= 11 is 0. The minimum absolute atomic E-state index is 0.469. The average molecular weight is 226 g/mol. The van der Waals surface area contributed by atoms with Crippen LogP contribution in [0.3, 0.4) is 0 Å². The van der Waals surface area contributed by atoms with Crippen molar-refractivity contribution in [2.75, 3.05) is 0 Å². The van der Waals surface area contributed by atoms with Gasteiger partial charge in [0.15, 0.2) is 0 Å². The van der Waals surface area contributed by atoms with Crippen molar-refractivity contribution in [3.05, 3.63) is 58.5 Å². The molecule has 1 aromatic rings. The van der Waals surface area contributed by atoms with E-state index in [0.717, 1.165) is 5.57 Å². The topological polar surface area (TPSA) is 0 Å². The first-order valence-electron chi connectivity index (χ1n) is 6.33. The van der Waals surface area contributed by atoms with Crippen LogP contribution in [-0.4, -0.2) is 0 Å². The first-order valence-corrected chi connectivity index (χ1v) is 6.33. The highest BCUT2D eigenvalue weighted by Gasteiger charge is 2.00. The summed E-state index contributed by atoms with van der Waals surface area (Å²) in [6.45, 7) is 12.4. The van der Waals surface area contributed by atoms with Crippen LogP contribution in [0, 0.1) is 5.92 Å². The summed E-state index contributed by atoms with van der Waals surface area (Å²) in [4.78, 5) is 0. The van der Waals surface area contributed by atoms with Crippen molar-refractivity contribution in [2.24, 2.45) is 5.92 Å². The molecule has 1 atom stereocenters. The number of allylic oxidation sites excluding steroid dienone is 3. The maximum Gasteiger partial charge on any atom is -0.00668 e. The van der Waals surface area contributed by atoms with E-state index in [1.54, 1.807) is 0 Å². The molecule has 0 aromatic heterocycles. The van der Waals surface area contributed by atoms with Gasteiger partial charge in [0, 0.05) is 0 Å². The summed E-state index contributed by atoms with van der Waals surface area (Å²) < 4.78 is 0. The Bertz CT molecular complexity index is 529. The fourth-order valence-electron chi connectivity index (χ4n) is 1.93. The van der Waals surface area contributed by atoms with E-state index in [1.807, 2.05) is 13.8 Å². The Labute approximate surface area is 105 Å². The molecule has 0 aliphatic heterocycles. The van der Waals surface area contributed by atoms with E-state index in [9.17, 15) is 0 Å². The molecule has 0 saturated heterocycles. The highest BCUT2D eigenvalue weighted by molar-refractivity contribution is 5.58. The average Bonchev–Trinajstić information content (AvgIpc) is 2.32. The monoisotopic (exact) mass is 226 g/mol. The van der Waals surface area contributed by atoms with Gasteiger partial charge in [0.05, 0.1) is 0 Å². The largest absolute Gasteiger partial charge is 0.0915 e. The van der Waals surface area contributed by atoms with Gasteiger partial charge in [-0.15, -0.1) is 0 Å². The molecule has 1 aromatic carbocycles. The Morgan fingerprint density at radius 3 is 2.24 bits per heavy atom. The van der Waals surface area contributed by atoms with Gasteiger partial charge in [0.2, 0.25) is 0 Å². The van der Waals surface area contributed by atoms with Crippen molar-refractivity contribution in [2.45, 2.75) is 27.7 Å². The molecule has 0 N–H and O–H groups in total. The Morgan fingerprint density at radius 1 is 1.00 bits per heavy atom. The summed E-state index contributed by atoms with van der Waals surface area (Å²) in [7, 11) is 0. The first kappa shape index (κ1) is 13.5. The van der Waals surface area contributed by atoms with Crippen molar-refractivity contribution in [1.82, 2.24) is 0 Å². The summed E-state index contributed by atoms with van der Waals surface area (Å²) in [6, 6.07) is 8.45. The van der Waals surface area contributed by atoms with Crippen molar-refractivity contribution in [3.8, 4) is 0 Å². The van der Waals surface area contributed by atoms with E-state index in [-0.39, 0.29) is 0 Å². The molecule has 0 fully saturated rings. The third-order valence-corrected chi connectivity index (χ3v) is 2.79. The Morgan fingerprint density at radius 2 is 1.59 bits per heavy atom. The zero-order valence-corrected chi connectivity index (χ0v) is 11.3. The third kappa shape index (κ3) is 3.45. The second-order valence-electron chi connectivity index (χ2n) is 4.17. The van der Waals surface area contributed by atoms with Gasteiger partial charge in [-0.3, -0.25) is 0 Å². The maximum atomic E-state index is 4.09. The lowest BCUT2D eigenvalue weighted by atomic mass is 9.98. The predicted molar refractivity (Wildman–Crippen MR) is 78.0 cm³/mol. The van der Waals surface area contributed by atoms with Gasteiger partial charge in [0.25, 0.3) is 0 Å². The maximum absolute atomic E-state index is 4.09. The molecule has 90 valence electrons. The molecule has 0 heterocycles. The summed E-state index contributed by atoms with van der Waals surface area (Å²) in [5, 5.41) is 2.57. The summed E-state index contributed by atoms with van der Waals surface area (Å²) in [5.41, 5.74) is 2.38. The molecular weight excluding hydrogens is 204 g/mol. The highest BCUT2D eigenvalue weighted by atomic mass is 14.1. The van der Waals surface area contributed by atoms with Crippen molar-refractivity contribution >= 4 is 12.2 Å². The van der Waals surface area contributed by atoms with Crippen LogP contribution >= 0.6 is 0 Å². The van der Waals surface area contributed by atoms with Crippen LogP contribution in [0.2, 0.25) is 0 Å². The molecule has 1 aliphatic rings. The van der Waals surface area contributed by atoms with Gasteiger partial charge in [-0.1, -0.05) is 63.8 Å². The van der Waals surface area contributed by atoms with Crippen LogP contribution in [0.25, 0.3) is 12.2 Å². The van der Waals surface area contributed by atoms with Crippen molar-refractivity contribution < 1.29 is 0 Å². The van der Waals surface area contributed by atoms with Crippen LogP contribution < -0.4 is 10.4 Å². The van der Waals surface area contributed by atoms with Gasteiger partial charge in [-0.2, -0.15) is 0 Å². The van der Waals surface area contributed by atoms with Crippen LogP contribution in [0.1, 0.15) is 27.7 Å². The zero-order chi connectivity index (χ0) is 12.8. The van der Waals surface area contributed by atoms with E-state index in [4.69, 9.17) is 0 Å². The lowest BCUT2D eigenvalue weighted by Crippen LogP contribution is -2.25. The molecule has 0 bridgehead atoms. The first-order chi connectivity index (χ1) is 8.16. The zero-order valence-electron chi connectivity index (χ0n) is 11.3. The molecule has 2 rings (SSSR count). The lowest BCUT2D eigenvalue weighted by molar-refractivity contribution is 0.978. The van der Waals surface area contributed by atoms with Crippen molar-refractivity contribution in [1.29, 1.82) is 0 Å². The normalized spacial score (nSPS) is 25.3. The molecule has 0 radical (unpaired) electrons. The van der Waals surface area contributed by atoms with Crippen LogP contribution in [0.4, 0.5) is 0 Å². The molecule has 17 heavy (non-hydrogen) atoms. The Kier molecular flexibility index (Phi) is 4.96. The van der Waals surface area contributed by atoms with Gasteiger partial charge in [-0.05, 0) is 40.5 Å². The van der Waals surface area contributed by atoms with Gasteiger partial charge >= 0.3 is 0 Å². The Balaban J connectivity index is 0.000000686. The standard InChI is InChI=1S/C15H16.C2H6/c1-11-8-12(2)13(3)10-15-7-5-4-6-14(15)9-11;1-2/h4-11H,3H2,1-2H3;1-2H3/b12-8-,14-9-,15-10-;. The second kappa shape index (κ2) is 6.24. The number of hydrogen-bond donors (Lipinski definition) is 0. The molecule has 0 spiro atoms. The lowest BCUT2D eigenvalue weighted by Gasteiger charge is -2.08.